The minimum absolute atomic E-state index is 0.126. The van der Waals surface area contributed by atoms with Gasteiger partial charge >= 0.3 is 5.97 Å². The van der Waals surface area contributed by atoms with Gasteiger partial charge in [-0.3, -0.25) is 4.79 Å². The molecule has 0 N–H and O–H groups in total. The van der Waals surface area contributed by atoms with E-state index in [4.69, 9.17) is 16.3 Å². The van der Waals surface area contributed by atoms with Crippen LogP contribution in [-0.4, -0.2) is 18.0 Å². The fourth-order valence-corrected chi connectivity index (χ4v) is 1.88. The molecule has 0 bridgehead atoms. The number of hydrogen-bond donors (Lipinski definition) is 0. The van der Waals surface area contributed by atoms with E-state index < -0.39 is 0 Å². The third-order valence-electron chi connectivity index (χ3n) is 2.59. The molecule has 0 saturated carbocycles. The van der Waals surface area contributed by atoms with Crippen molar-refractivity contribution >= 4 is 17.6 Å². The number of hydrogen-bond acceptors (Lipinski definition) is 2. The van der Waals surface area contributed by atoms with E-state index in [0.29, 0.717) is 13.0 Å². The summed E-state index contributed by atoms with van der Waals surface area (Å²) < 4.78 is 4.85. The van der Waals surface area contributed by atoms with Gasteiger partial charge in [0.25, 0.3) is 0 Å². The van der Waals surface area contributed by atoms with Crippen molar-refractivity contribution in [2.45, 2.75) is 70.6 Å². The molecule has 0 aromatic heterocycles. The van der Waals surface area contributed by atoms with Crippen molar-refractivity contribution in [2.24, 2.45) is 0 Å². The number of alkyl halides is 1. The molecule has 0 radical (unpaired) electrons. The largest absolute Gasteiger partial charge is 0.466 e. The van der Waals surface area contributed by atoms with Gasteiger partial charge in [-0.25, -0.2) is 0 Å². The summed E-state index contributed by atoms with van der Waals surface area (Å²) in [7, 11) is 0. The second kappa shape index (κ2) is 11.3. The van der Waals surface area contributed by atoms with Crippen LogP contribution in [0, 0.1) is 0 Å². The predicted molar refractivity (Wildman–Crippen MR) is 68.9 cm³/mol. The van der Waals surface area contributed by atoms with Crippen LogP contribution in [0.25, 0.3) is 0 Å². The van der Waals surface area contributed by atoms with Crippen LogP contribution >= 0.6 is 11.6 Å². The molecular weight excluding hydrogens is 224 g/mol. The average molecular weight is 249 g/mol. The molecule has 96 valence electrons. The zero-order valence-electron chi connectivity index (χ0n) is 10.6. The molecule has 3 heteroatoms. The molecule has 16 heavy (non-hydrogen) atoms. The highest BCUT2D eigenvalue weighted by Gasteiger charge is 2.08. The molecule has 0 aliphatic carbocycles. The molecule has 0 aromatic carbocycles. The monoisotopic (exact) mass is 248 g/mol. The normalized spacial score (nSPS) is 12.4. The third-order valence-corrected chi connectivity index (χ3v) is 3.02. The lowest BCUT2D eigenvalue weighted by Gasteiger charge is -2.08. The topological polar surface area (TPSA) is 26.3 Å². The Hall–Kier alpha value is -0.240. The van der Waals surface area contributed by atoms with Crippen LogP contribution < -0.4 is 0 Å². The molecule has 0 aliphatic rings. The molecule has 0 aromatic rings. The lowest BCUT2D eigenvalue weighted by molar-refractivity contribution is -0.143. The van der Waals surface area contributed by atoms with Gasteiger partial charge in [0, 0.05) is 11.8 Å². The van der Waals surface area contributed by atoms with E-state index in [0.717, 1.165) is 12.8 Å². The summed E-state index contributed by atoms with van der Waals surface area (Å²) >= 11 is 6.13. The van der Waals surface area contributed by atoms with Gasteiger partial charge < -0.3 is 4.74 Å². The van der Waals surface area contributed by atoms with Gasteiger partial charge in [0.05, 0.1) is 6.61 Å². The van der Waals surface area contributed by atoms with Crippen molar-refractivity contribution in [2.75, 3.05) is 6.61 Å². The smallest absolute Gasteiger partial charge is 0.305 e. The van der Waals surface area contributed by atoms with Crippen LogP contribution in [0.2, 0.25) is 0 Å². The maximum atomic E-state index is 11.1. The van der Waals surface area contributed by atoms with Gasteiger partial charge in [-0.1, -0.05) is 39.0 Å². The van der Waals surface area contributed by atoms with Crippen LogP contribution in [0.3, 0.4) is 0 Å². The summed E-state index contributed by atoms with van der Waals surface area (Å²) in [6.07, 6.45) is 8.55. The first-order valence-corrected chi connectivity index (χ1v) is 6.94. The minimum Gasteiger partial charge on any atom is -0.466 e. The molecule has 0 rings (SSSR count). The number of unbranched alkanes of at least 4 members (excludes halogenated alkanes) is 4. The number of ether oxygens (including phenoxy) is 1. The molecule has 0 saturated heterocycles. The van der Waals surface area contributed by atoms with Crippen LogP contribution in [0.1, 0.15) is 65.2 Å². The summed E-state index contributed by atoms with van der Waals surface area (Å²) in [5.41, 5.74) is 0. The van der Waals surface area contributed by atoms with Crippen LogP contribution in [-0.2, 0) is 9.53 Å². The Kier molecular flexibility index (Phi) is 11.1. The van der Waals surface area contributed by atoms with Gasteiger partial charge in [0.2, 0.25) is 0 Å². The lowest BCUT2D eigenvalue weighted by Crippen LogP contribution is -2.07. The molecule has 0 amide bonds. The molecule has 0 spiro atoms. The first-order chi connectivity index (χ1) is 7.70. The van der Waals surface area contributed by atoms with E-state index in [1.54, 1.807) is 0 Å². The molecule has 0 heterocycles. The average Bonchev–Trinajstić information content (AvgIpc) is 2.26. The van der Waals surface area contributed by atoms with Crippen LogP contribution in [0.15, 0.2) is 0 Å². The van der Waals surface area contributed by atoms with Crippen molar-refractivity contribution in [1.29, 1.82) is 0 Å². The quantitative estimate of drug-likeness (QED) is 0.327. The van der Waals surface area contributed by atoms with Crippen molar-refractivity contribution in [3.63, 3.8) is 0 Å². The first kappa shape index (κ1) is 15.8. The van der Waals surface area contributed by atoms with E-state index >= 15 is 0 Å². The summed E-state index contributed by atoms with van der Waals surface area (Å²) in [5.74, 6) is -0.126. The fraction of sp³-hybridized carbons (Fsp3) is 0.923. The Balaban J connectivity index is 3.30. The van der Waals surface area contributed by atoms with Gasteiger partial charge in [0.15, 0.2) is 0 Å². The highest BCUT2D eigenvalue weighted by Crippen LogP contribution is 2.15. The minimum atomic E-state index is -0.126. The molecular formula is C13H25ClO2. The van der Waals surface area contributed by atoms with Crippen molar-refractivity contribution in [3.05, 3.63) is 0 Å². The second-order valence-electron chi connectivity index (χ2n) is 4.14. The van der Waals surface area contributed by atoms with Crippen LogP contribution in [0.5, 0.6) is 0 Å². The fourth-order valence-electron chi connectivity index (χ4n) is 1.62. The van der Waals surface area contributed by atoms with E-state index in [9.17, 15) is 4.79 Å². The van der Waals surface area contributed by atoms with Gasteiger partial charge in [-0.15, -0.1) is 11.6 Å². The number of esters is 1. The number of carbonyl (C=O) groups is 1. The van der Waals surface area contributed by atoms with Gasteiger partial charge in [0.1, 0.15) is 0 Å². The first-order valence-electron chi connectivity index (χ1n) is 6.50. The van der Waals surface area contributed by atoms with Crippen molar-refractivity contribution in [3.8, 4) is 0 Å². The van der Waals surface area contributed by atoms with Gasteiger partial charge in [-0.2, -0.15) is 0 Å². The summed E-state index contributed by atoms with van der Waals surface area (Å²) in [4.78, 5) is 11.1. The Morgan fingerprint density at radius 2 is 1.81 bits per heavy atom. The van der Waals surface area contributed by atoms with Crippen molar-refractivity contribution in [1.82, 2.24) is 0 Å². The van der Waals surface area contributed by atoms with Crippen molar-refractivity contribution < 1.29 is 9.53 Å². The maximum Gasteiger partial charge on any atom is 0.305 e. The molecule has 1 unspecified atom stereocenters. The second-order valence-corrected chi connectivity index (χ2v) is 4.76. The number of rotatable bonds is 10. The van der Waals surface area contributed by atoms with E-state index in [2.05, 4.69) is 6.92 Å². The third kappa shape index (κ3) is 10.3. The Morgan fingerprint density at radius 1 is 1.12 bits per heavy atom. The van der Waals surface area contributed by atoms with E-state index in [1.807, 2.05) is 6.92 Å². The number of carbonyl (C=O) groups excluding carboxylic acids is 1. The summed E-state index contributed by atoms with van der Waals surface area (Å²) in [6, 6.07) is 0. The highest BCUT2D eigenvalue weighted by atomic mass is 35.5. The predicted octanol–water partition coefficient (Wildman–Crippen LogP) is 4.30. The molecule has 0 aliphatic heterocycles. The zero-order valence-corrected chi connectivity index (χ0v) is 11.4. The van der Waals surface area contributed by atoms with E-state index in [1.165, 1.54) is 32.1 Å². The highest BCUT2D eigenvalue weighted by molar-refractivity contribution is 6.20. The maximum absolute atomic E-state index is 11.1. The molecule has 1 atom stereocenters. The molecule has 0 fully saturated rings. The Morgan fingerprint density at radius 3 is 2.44 bits per heavy atom. The SMILES string of the molecule is CCCCCCCC(Cl)CCC(=O)OCC. The Labute approximate surface area is 105 Å². The Bertz CT molecular complexity index is 171. The van der Waals surface area contributed by atoms with Crippen LogP contribution in [0.4, 0.5) is 0 Å². The zero-order chi connectivity index (χ0) is 12.2. The van der Waals surface area contributed by atoms with E-state index in [-0.39, 0.29) is 11.3 Å². The summed E-state index contributed by atoms with van der Waals surface area (Å²) in [5, 5.41) is 0.131. The summed E-state index contributed by atoms with van der Waals surface area (Å²) in [6.45, 7) is 4.50. The lowest BCUT2D eigenvalue weighted by atomic mass is 10.1. The standard InChI is InChI=1S/C13H25ClO2/c1-3-5-6-7-8-9-12(14)10-11-13(15)16-4-2/h12H,3-11H2,1-2H3. The number of halogens is 1. The van der Waals surface area contributed by atoms with Gasteiger partial charge in [-0.05, 0) is 19.8 Å². The molecule has 2 nitrogen and oxygen atoms in total.